The third-order valence-corrected chi connectivity index (χ3v) is 6.12. The van der Waals surface area contributed by atoms with Crippen molar-refractivity contribution < 1.29 is 26.2 Å². The van der Waals surface area contributed by atoms with E-state index in [-0.39, 0.29) is 30.8 Å². The predicted octanol–water partition coefficient (Wildman–Crippen LogP) is 4.71. The number of hydrogen-bond acceptors (Lipinski definition) is 3. The summed E-state index contributed by atoms with van der Waals surface area (Å²) in [4.78, 5) is 0. The smallest absolute Gasteiger partial charge is 0.312 e. The van der Waals surface area contributed by atoms with Crippen molar-refractivity contribution in [2.24, 2.45) is 0 Å². The fourth-order valence-corrected chi connectivity index (χ4v) is 4.31. The topological polar surface area (TPSA) is 65.0 Å². The van der Waals surface area contributed by atoms with Gasteiger partial charge in [-0.15, -0.1) is 12.4 Å². The highest BCUT2D eigenvalue weighted by atomic mass is 35.5. The fraction of sp³-hybridized carbons (Fsp3) is 0.368. The molecule has 1 heterocycles. The lowest BCUT2D eigenvalue weighted by atomic mass is 9.96. The number of benzene rings is 2. The van der Waals surface area contributed by atoms with E-state index >= 15 is 0 Å². The third-order valence-electron chi connectivity index (χ3n) is 4.83. The molecular weight excluding hydrogens is 449 g/mol. The van der Waals surface area contributed by atoms with E-state index in [0.29, 0.717) is 23.2 Å². The van der Waals surface area contributed by atoms with Gasteiger partial charge < -0.3 is 5.32 Å². The summed E-state index contributed by atoms with van der Waals surface area (Å²) in [6, 6.07) is 7.09. The van der Waals surface area contributed by atoms with Gasteiger partial charge in [0.05, 0.1) is 0 Å². The van der Waals surface area contributed by atoms with Crippen LogP contribution in [0.4, 0.5) is 22.0 Å². The zero-order valence-corrected chi connectivity index (χ0v) is 17.5. The van der Waals surface area contributed by atoms with Crippen LogP contribution in [-0.4, -0.2) is 28.3 Å². The van der Waals surface area contributed by atoms with Gasteiger partial charge in [-0.25, -0.2) is 22.5 Å². The van der Waals surface area contributed by atoms with Crippen LogP contribution in [0, 0.1) is 23.3 Å². The average molecular weight is 470 g/mol. The normalized spacial score (nSPS) is 21.1. The minimum absolute atomic E-state index is 0. The lowest BCUT2D eigenvalue weighted by Gasteiger charge is -2.23. The highest BCUT2D eigenvalue weighted by molar-refractivity contribution is 7.91. The van der Waals surface area contributed by atoms with Crippen LogP contribution in [0.1, 0.15) is 17.5 Å². The number of rotatable bonds is 5. The van der Waals surface area contributed by atoms with Crippen LogP contribution >= 0.6 is 12.4 Å². The van der Waals surface area contributed by atoms with E-state index in [4.69, 9.17) is 4.78 Å². The van der Waals surface area contributed by atoms with Crippen molar-refractivity contribution in [2.75, 3.05) is 6.54 Å². The summed E-state index contributed by atoms with van der Waals surface area (Å²) in [6.45, 7) is 2.08. The Morgan fingerprint density at radius 3 is 2.53 bits per heavy atom. The van der Waals surface area contributed by atoms with Crippen molar-refractivity contribution in [1.29, 1.82) is 4.78 Å². The molecule has 4 nitrogen and oxygen atoms in total. The summed E-state index contributed by atoms with van der Waals surface area (Å²) in [5.41, 5.74) is -3.37. The predicted molar refractivity (Wildman–Crippen MR) is 108 cm³/mol. The average Bonchev–Trinajstić information content (AvgIpc) is 3.00. The first-order valence-electron chi connectivity index (χ1n) is 8.88. The maximum absolute atomic E-state index is 14.3. The highest BCUT2D eigenvalue weighted by Crippen LogP contribution is 2.28. The number of hydrogen-bond donors (Lipinski definition) is 3. The first-order valence-corrected chi connectivity index (χ1v) is 10.4. The summed E-state index contributed by atoms with van der Waals surface area (Å²) in [7, 11) is -4.97. The van der Waals surface area contributed by atoms with Crippen molar-refractivity contribution in [3.63, 3.8) is 0 Å². The summed E-state index contributed by atoms with van der Waals surface area (Å²) in [5, 5.41) is 3.03. The molecule has 0 spiro atoms. The van der Waals surface area contributed by atoms with Gasteiger partial charge in [-0.05, 0) is 67.3 Å². The van der Waals surface area contributed by atoms with E-state index in [2.05, 4.69) is 5.32 Å². The molecule has 3 N–H and O–H groups in total. The molecule has 1 aliphatic rings. The molecule has 1 unspecified atom stereocenters. The zero-order valence-electron chi connectivity index (χ0n) is 15.9. The van der Waals surface area contributed by atoms with Gasteiger partial charge in [-0.1, -0.05) is 12.1 Å². The Bertz CT molecular complexity index is 993. The van der Waals surface area contributed by atoms with E-state index in [0.717, 1.165) is 0 Å². The van der Waals surface area contributed by atoms with Gasteiger partial charge in [-0.3, -0.25) is 0 Å². The molecule has 2 aromatic carbocycles. The van der Waals surface area contributed by atoms with Crippen LogP contribution in [0.2, 0.25) is 0 Å². The Morgan fingerprint density at radius 1 is 1.20 bits per heavy atom. The summed E-state index contributed by atoms with van der Waals surface area (Å²) < 4.78 is 87.0. The molecule has 0 aliphatic carbocycles. The Morgan fingerprint density at radius 2 is 1.90 bits per heavy atom. The Hall–Kier alpha value is -1.75. The van der Waals surface area contributed by atoms with Gasteiger partial charge in [-0.2, -0.15) is 13.2 Å². The van der Waals surface area contributed by atoms with Crippen LogP contribution in [0.25, 0.3) is 11.1 Å². The zero-order chi connectivity index (χ0) is 21.4. The van der Waals surface area contributed by atoms with E-state index in [1.165, 1.54) is 30.3 Å². The number of alkyl halides is 3. The molecule has 30 heavy (non-hydrogen) atoms. The van der Waals surface area contributed by atoms with Crippen molar-refractivity contribution in [3.05, 3.63) is 59.2 Å². The van der Waals surface area contributed by atoms with E-state index in [9.17, 15) is 26.2 Å². The number of halogens is 6. The second-order valence-corrected chi connectivity index (χ2v) is 8.92. The monoisotopic (exact) mass is 469 g/mol. The minimum Gasteiger partial charge on any atom is -0.312 e. The molecule has 2 aromatic rings. The SMILES string of the molecule is Cc1cc(F)cc(-c2cc(C[C@@H]3NCC[C@@H]3NS(=N)(=O)C(F)(F)F)ccc2F)c1.Cl. The second-order valence-electron chi connectivity index (χ2n) is 7.11. The van der Waals surface area contributed by atoms with Crippen molar-refractivity contribution in [1.82, 2.24) is 10.0 Å². The van der Waals surface area contributed by atoms with E-state index in [1.807, 2.05) is 4.72 Å². The fourth-order valence-electron chi connectivity index (χ4n) is 3.47. The molecule has 0 aromatic heterocycles. The van der Waals surface area contributed by atoms with Gasteiger partial charge in [0.25, 0.3) is 0 Å². The first kappa shape index (κ1) is 24.5. The third kappa shape index (κ3) is 5.48. The van der Waals surface area contributed by atoms with Crippen molar-refractivity contribution >= 4 is 22.3 Å². The van der Waals surface area contributed by atoms with Gasteiger partial charge in [0.15, 0.2) is 0 Å². The molecule has 0 amide bonds. The highest BCUT2D eigenvalue weighted by Gasteiger charge is 2.44. The molecule has 0 saturated carbocycles. The Balaban J connectivity index is 0.00000320. The molecule has 0 bridgehead atoms. The lowest BCUT2D eigenvalue weighted by molar-refractivity contribution is -0.0420. The van der Waals surface area contributed by atoms with Gasteiger partial charge in [0.1, 0.15) is 11.6 Å². The largest absolute Gasteiger partial charge is 0.492 e. The van der Waals surface area contributed by atoms with Gasteiger partial charge >= 0.3 is 5.51 Å². The Kier molecular flexibility index (Phi) is 7.49. The Labute approximate surface area is 177 Å². The van der Waals surface area contributed by atoms with Crippen LogP contribution in [0.15, 0.2) is 36.4 Å². The molecule has 1 fully saturated rings. The maximum Gasteiger partial charge on any atom is 0.492 e. The van der Waals surface area contributed by atoms with Crippen LogP contribution in [-0.2, 0) is 16.3 Å². The molecule has 1 aliphatic heterocycles. The summed E-state index contributed by atoms with van der Waals surface area (Å²) in [5.74, 6) is -1.04. The molecule has 3 rings (SSSR count). The van der Waals surface area contributed by atoms with E-state index < -0.39 is 39.1 Å². The molecule has 11 heteroatoms. The first-order chi connectivity index (χ1) is 13.5. The summed E-state index contributed by atoms with van der Waals surface area (Å²) >= 11 is 0. The number of aryl methyl sites for hydroxylation is 1. The maximum atomic E-state index is 14.3. The molecule has 1 saturated heterocycles. The summed E-state index contributed by atoms with van der Waals surface area (Å²) in [6.07, 6.45) is 0.500. The van der Waals surface area contributed by atoms with Crippen molar-refractivity contribution in [3.8, 4) is 11.1 Å². The quantitative estimate of drug-likeness (QED) is 0.555. The van der Waals surface area contributed by atoms with E-state index in [1.54, 1.807) is 13.0 Å². The number of nitrogens with one attached hydrogen (secondary N) is 3. The van der Waals surface area contributed by atoms with Gasteiger partial charge in [0, 0.05) is 17.6 Å². The van der Waals surface area contributed by atoms with Crippen LogP contribution in [0.3, 0.4) is 0 Å². The lowest BCUT2D eigenvalue weighted by Crippen LogP contribution is -2.48. The van der Waals surface area contributed by atoms with Crippen LogP contribution in [0.5, 0.6) is 0 Å². The minimum atomic E-state index is -5.17. The molecule has 0 radical (unpaired) electrons. The van der Waals surface area contributed by atoms with Crippen molar-refractivity contribution in [2.45, 2.75) is 37.4 Å². The molecular formula is C19H21ClF5N3OS. The van der Waals surface area contributed by atoms with Crippen LogP contribution < -0.4 is 10.0 Å². The molecule has 3 atom stereocenters. The molecule has 166 valence electrons. The second kappa shape index (κ2) is 9.17. The van der Waals surface area contributed by atoms with Gasteiger partial charge in [0.2, 0.25) is 9.92 Å². The standard InChI is InChI=1S/C19H20F5N3OS.ClH/c1-11-6-13(10-14(20)7-11)15-8-12(2-3-16(15)21)9-18-17(4-5-26-18)27-29(25,28)19(22,23)24;/h2-3,6-8,10,17-18,26H,4-5,9H2,1H3,(H2,25,27,28);1H/t17-,18-,29?;/m0./s1.